The summed E-state index contributed by atoms with van der Waals surface area (Å²) < 4.78 is 13.7. The van der Waals surface area contributed by atoms with Crippen LogP contribution in [0, 0.1) is 11.7 Å². The quantitative estimate of drug-likeness (QED) is 0.686. The third kappa shape index (κ3) is 5.17. The third-order valence-electron chi connectivity index (χ3n) is 5.57. The topological polar surface area (TPSA) is 52.7 Å². The van der Waals surface area contributed by atoms with Crippen molar-refractivity contribution in [3.05, 3.63) is 59.4 Å². The molecule has 0 radical (unpaired) electrons. The maximum Gasteiger partial charge on any atom is 0.254 e. The Bertz CT molecular complexity index is 924. The lowest BCUT2D eigenvalue weighted by molar-refractivity contribution is -0.117. The van der Waals surface area contributed by atoms with E-state index in [1.165, 1.54) is 12.1 Å². The van der Waals surface area contributed by atoms with Gasteiger partial charge in [-0.05, 0) is 68.1 Å². The van der Waals surface area contributed by atoms with Gasteiger partial charge in [0.2, 0.25) is 5.91 Å². The molecule has 160 valence electrons. The fourth-order valence-corrected chi connectivity index (χ4v) is 3.44. The number of carbonyl (C=O) groups excluding carboxylic acids is 2. The number of benzene rings is 2. The first-order valence-electron chi connectivity index (χ1n) is 10.5. The molecule has 0 heterocycles. The average Bonchev–Trinajstić information content (AvgIpc) is 3.56. The fourth-order valence-electron chi connectivity index (χ4n) is 3.44. The fraction of sp³-hybridized carbons (Fsp3) is 0.417. The Morgan fingerprint density at radius 2 is 1.90 bits per heavy atom. The molecule has 1 atom stereocenters. The Labute approximate surface area is 177 Å². The van der Waals surface area contributed by atoms with Gasteiger partial charge in [0.25, 0.3) is 5.91 Å². The van der Waals surface area contributed by atoms with Crippen molar-refractivity contribution in [2.75, 3.05) is 24.3 Å². The lowest BCUT2D eigenvalue weighted by Gasteiger charge is -2.31. The number of carbonyl (C=O) groups is 2. The van der Waals surface area contributed by atoms with E-state index in [2.05, 4.69) is 5.32 Å². The number of rotatable bonds is 8. The first kappa shape index (κ1) is 21.8. The second-order valence-corrected chi connectivity index (χ2v) is 8.20. The van der Waals surface area contributed by atoms with E-state index in [1.54, 1.807) is 17.0 Å². The molecule has 1 fully saturated rings. The lowest BCUT2D eigenvalue weighted by Crippen LogP contribution is -2.38. The molecule has 6 heteroatoms. The van der Waals surface area contributed by atoms with Crippen LogP contribution in [0.25, 0.3) is 0 Å². The monoisotopic (exact) mass is 411 g/mol. The molecular formula is C24H30FN3O2. The molecule has 0 saturated heterocycles. The molecule has 1 aliphatic carbocycles. The number of anilines is 2. The van der Waals surface area contributed by atoms with Crippen LogP contribution in [0.5, 0.6) is 0 Å². The summed E-state index contributed by atoms with van der Waals surface area (Å²) in [5, 5.41) is 2.98. The van der Waals surface area contributed by atoms with E-state index in [9.17, 15) is 14.0 Å². The van der Waals surface area contributed by atoms with Crippen molar-refractivity contribution >= 4 is 23.2 Å². The molecule has 0 aromatic heterocycles. The molecule has 1 saturated carbocycles. The van der Waals surface area contributed by atoms with Crippen LogP contribution in [0.1, 0.15) is 49.0 Å². The lowest BCUT2D eigenvalue weighted by atomic mass is 10.1. The van der Waals surface area contributed by atoms with E-state index in [1.807, 2.05) is 51.0 Å². The number of halogens is 1. The Morgan fingerprint density at radius 3 is 2.50 bits per heavy atom. The minimum atomic E-state index is -0.427. The van der Waals surface area contributed by atoms with Gasteiger partial charge in [-0.25, -0.2) is 4.39 Å². The zero-order valence-electron chi connectivity index (χ0n) is 18.1. The maximum absolute atomic E-state index is 13.7. The summed E-state index contributed by atoms with van der Waals surface area (Å²) in [5.74, 6) is -0.467. The number of hydrogen-bond acceptors (Lipinski definition) is 3. The van der Waals surface area contributed by atoms with Crippen LogP contribution in [0.3, 0.4) is 0 Å². The van der Waals surface area contributed by atoms with Crippen LogP contribution in [0.4, 0.5) is 15.8 Å². The molecule has 0 spiro atoms. The highest BCUT2D eigenvalue weighted by molar-refractivity contribution is 5.95. The van der Waals surface area contributed by atoms with E-state index in [0.29, 0.717) is 12.1 Å². The molecule has 0 unspecified atom stereocenters. The normalized spacial score (nSPS) is 14.2. The van der Waals surface area contributed by atoms with Crippen LogP contribution in [-0.2, 0) is 11.3 Å². The average molecular weight is 412 g/mol. The van der Waals surface area contributed by atoms with Gasteiger partial charge in [-0.15, -0.1) is 0 Å². The van der Waals surface area contributed by atoms with Crippen molar-refractivity contribution in [3.63, 3.8) is 0 Å². The Hall–Kier alpha value is -2.89. The summed E-state index contributed by atoms with van der Waals surface area (Å²) in [6.45, 7) is 4.38. The highest BCUT2D eigenvalue weighted by atomic mass is 19.1. The van der Waals surface area contributed by atoms with Gasteiger partial charge >= 0.3 is 0 Å². The van der Waals surface area contributed by atoms with Crippen LogP contribution < -0.4 is 10.2 Å². The SMILES string of the molecule is CC[C@H](C)N(Cc1cc(NC(=O)C2CC2)ccc1N(C)C)C(=O)c1cccc(F)c1. The van der Waals surface area contributed by atoms with Gasteiger partial charge in [0, 0.05) is 49.5 Å². The van der Waals surface area contributed by atoms with E-state index >= 15 is 0 Å². The second kappa shape index (κ2) is 9.28. The van der Waals surface area contributed by atoms with E-state index in [-0.39, 0.29) is 23.8 Å². The number of nitrogens with zero attached hydrogens (tertiary/aromatic N) is 2. The zero-order chi connectivity index (χ0) is 21.8. The summed E-state index contributed by atoms with van der Waals surface area (Å²) in [5.41, 5.74) is 2.97. The summed E-state index contributed by atoms with van der Waals surface area (Å²) in [6, 6.07) is 11.6. The number of nitrogens with one attached hydrogen (secondary N) is 1. The Morgan fingerprint density at radius 1 is 1.17 bits per heavy atom. The molecule has 5 nitrogen and oxygen atoms in total. The van der Waals surface area contributed by atoms with Crippen molar-refractivity contribution < 1.29 is 14.0 Å². The van der Waals surface area contributed by atoms with Gasteiger partial charge in [-0.3, -0.25) is 9.59 Å². The van der Waals surface area contributed by atoms with E-state index < -0.39 is 5.82 Å². The third-order valence-corrected chi connectivity index (χ3v) is 5.57. The van der Waals surface area contributed by atoms with Gasteiger partial charge < -0.3 is 15.1 Å². The van der Waals surface area contributed by atoms with Crippen LogP contribution in [0.15, 0.2) is 42.5 Å². The first-order chi connectivity index (χ1) is 14.3. The van der Waals surface area contributed by atoms with Crippen molar-refractivity contribution in [3.8, 4) is 0 Å². The summed E-state index contributed by atoms with van der Waals surface area (Å²) >= 11 is 0. The molecule has 2 aromatic carbocycles. The maximum atomic E-state index is 13.7. The summed E-state index contributed by atoms with van der Waals surface area (Å²) in [4.78, 5) is 29.2. The van der Waals surface area contributed by atoms with Crippen molar-refractivity contribution in [2.24, 2.45) is 5.92 Å². The van der Waals surface area contributed by atoms with Crippen LogP contribution >= 0.6 is 0 Å². The molecule has 1 aliphatic rings. The van der Waals surface area contributed by atoms with Crippen molar-refractivity contribution in [1.29, 1.82) is 0 Å². The Balaban J connectivity index is 1.91. The molecule has 1 N–H and O–H groups in total. The largest absolute Gasteiger partial charge is 0.377 e. The number of hydrogen-bond donors (Lipinski definition) is 1. The first-order valence-corrected chi connectivity index (χ1v) is 10.5. The van der Waals surface area contributed by atoms with Crippen molar-refractivity contribution in [1.82, 2.24) is 4.90 Å². The summed E-state index contributed by atoms with van der Waals surface area (Å²) in [7, 11) is 3.90. The molecule has 30 heavy (non-hydrogen) atoms. The van der Waals surface area contributed by atoms with E-state index in [0.717, 1.165) is 36.2 Å². The second-order valence-electron chi connectivity index (χ2n) is 8.20. The molecule has 2 amide bonds. The predicted molar refractivity (Wildman–Crippen MR) is 118 cm³/mol. The zero-order valence-corrected chi connectivity index (χ0v) is 18.1. The van der Waals surface area contributed by atoms with Crippen LogP contribution in [-0.4, -0.2) is 36.9 Å². The van der Waals surface area contributed by atoms with E-state index in [4.69, 9.17) is 0 Å². The highest BCUT2D eigenvalue weighted by Crippen LogP contribution is 2.31. The van der Waals surface area contributed by atoms with Crippen LogP contribution in [0.2, 0.25) is 0 Å². The molecule has 0 aliphatic heterocycles. The predicted octanol–water partition coefficient (Wildman–Crippen LogP) is 4.68. The van der Waals surface area contributed by atoms with Gasteiger partial charge in [-0.1, -0.05) is 13.0 Å². The molecule has 2 aromatic rings. The highest BCUT2D eigenvalue weighted by Gasteiger charge is 2.30. The minimum absolute atomic E-state index is 0.0273. The minimum Gasteiger partial charge on any atom is -0.377 e. The molecular weight excluding hydrogens is 381 g/mol. The summed E-state index contributed by atoms with van der Waals surface area (Å²) in [6.07, 6.45) is 2.66. The van der Waals surface area contributed by atoms with Gasteiger partial charge in [0.15, 0.2) is 0 Å². The van der Waals surface area contributed by atoms with Gasteiger partial charge in [0.05, 0.1) is 0 Å². The number of amides is 2. The van der Waals surface area contributed by atoms with Gasteiger partial charge in [0.1, 0.15) is 5.82 Å². The molecule has 3 rings (SSSR count). The standard InChI is InChI=1S/C24H30FN3O2/c1-5-16(2)28(24(30)18-7-6-8-20(25)13-18)15-19-14-21(11-12-22(19)27(3)4)26-23(29)17-9-10-17/h6-8,11-14,16-17H,5,9-10,15H2,1-4H3,(H,26,29)/t16-/m0/s1. The van der Waals surface area contributed by atoms with Crippen molar-refractivity contribution in [2.45, 2.75) is 45.7 Å². The smallest absolute Gasteiger partial charge is 0.254 e. The Kier molecular flexibility index (Phi) is 6.75. The molecule has 0 bridgehead atoms. The van der Waals surface area contributed by atoms with Gasteiger partial charge in [-0.2, -0.15) is 0 Å².